The lowest BCUT2D eigenvalue weighted by Gasteiger charge is -2.23. The van der Waals surface area contributed by atoms with Gasteiger partial charge in [-0.15, -0.1) is 0 Å². The standard InChI is InChI=1S/C17H17ClF3N3O/c1-9-6-5-7-10-13(9)22-15(25-14(10)18)11-8-12(17(19,20)21)24(23-11)16(2,3)4/h5-8,14H,1-4H3. The maximum absolute atomic E-state index is 13.4. The Balaban J connectivity index is 2.15. The summed E-state index contributed by atoms with van der Waals surface area (Å²) in [6, 6.07) is 6.39. The van der Waals surface area contributed by atoms with Crippen LogP contribution < -0.4 is 0 Å². The number of benzene rings is 1. The Morgan fingerprint density at radius 2 is 1.88 bits per heavy atom. The van der Waals surface area contributed by atoms with Crippen LogP contribution >= 0.6 is 11.6 Å². The molecular formula is C17H17ClF3N3O. The molecule has 0 radical (unpaired) electrons. The molecule has 1 unspecified atom stereocenters. The van der Waals surface area contributed by atoms with Crippen LogP contribution in [0.2, 0.25) is 0 Å². The maximum Gasteiger partial charge on any atom is 0.433 e. The summed E-state index contributed by atoms with van der Waals surface area (Å²) in [5.41, 5.74) is -0.414. The van der Waals surface area contributed by atoms with Gasteiger partial charge in [0.2, 0.25) is 11.5 Å². The molecule has 1 aliphatic heterocycles. The number of aliphatic imine (C=N–C) groups is 1. The van der Waals surface area contributed by atoms with Crippen molar-refractivity contribution < 1.29 is 17.9 Å². The van der Waals surface area contributed by atoms with Crippen molar-refractivity contribution in [2.45, 2.75) is 45.0 Å². The van der Waals surface area contributed by atoms with Crippen molar-refractivity contribution in [3.63, 3.8) is 0 Å². The van der Waals surface area contributed by atoms with Gasteiger partial charge in [-0.05, 0) is 33.3 Å². The van der Waals surface area contributed by atoms with Gasteiger partial charge < -0.3 is 4.74 Å². The highest BCUT2D eigenvalue weighted by Gasteiger charge is 2.40. The van der Waals surface area contributed by atoms with Crippen molar-refractivity contribution in [1.29, 1.82) is 0 Å². The van der Waals surface area contributed by atoms with E-state index in [0.29, 0.717) is 11.3 Å². The highest BCUT2D eigenvalue weighted by molar-refractivity contribution is 6.21. The second kappa shape index (κ2) is 5.76. The number of aryl methyl sites for hydroxylation is 1. The van der Waals surface area contributed by atoms with E-state index in [4.69, 9.17) is 16.3 Å². The first kappa shape index (κ1) is 17.8. The number of hydrogen-bond acceptors (Lipinski definition) is 3. The zero-order valence-corrected chi connectivity index (χ0v) is 14.9. The van der Waals surface area contributed by atoms with Crippen molar-refractivity contribution >= 4 is 23.2 Å². The fourth-order valence-corrected chi connectivity index (χ4v) is 2.88. The molecule has 1 atom stereocenters. The Labute approximate surface area is 148 Å². The fraction of sp³-hybridized carbons (Fsp3) is 0.412. The van der Waals surface area contributed by atoms with Gasteiger partial charge in [-0.25, -0.2) is 4.99 Å². The second-order valence-electron chi connectivity index (χ2n) is 6.86. The molecule has 1 aliphatic rings. The van der Waals surface area contributed by atoms with Crippen LogP contribution in [0.1, 0.15) is 48.8 Å². The summed E-state index contributed by atoms with van der Waals surface area (Å²) in [5.74, 6) is -0.0182. The summed E-state index contributed by atoms with van der Waals surface area (Å²) >= 11 is 6.23. The molecule has 4 nitrogen and oxygen atoms in total. The molecule has 2 aromatic rings. The maximum atomic E-state index is 13.4. The minimum atomic E-state index is -4.54. The molecule has 0 N–H and O–H groups in total. The number of rotatable bonds is 1. The van der Waals surface area contributed by atoms with Crippen LogP contribution in [0.15, 0.2) is 29.3 Å². The Bertz CT molecular complexity index is 818. The predicted molar refractivity (Wildman–Crippen MR) is 89.3 cm³/mol. The molecule has 0 saturated heterocycles. The first-order chi connectivity index (χ1) is 11.5. The van der Waals surface area contributed by atoms with Crippen molar-refractivity contribution in [2.75, 3.05) is 0 Å². The molecule has 0 aliphatic carbocycles. The monoisotopic (exact) mass is 371 g/mol. The summed E-state index contributed by atoms with van der Waals surface area (Å²) in [4.78, 5) is 4.35. The summed E-state index contributed by atoms with van der Waals surface area (Å²) < 4.78 is 46.6. The average Bonchev–Trinajstić information content (AvgIpc) is 2.93. The van der Waals surface area contributed by atoms with Crippen molar-refractivity contribution in [1.82, 2.24) is 9.78 Å². The van der Waals surface area contributed by atoms with Gasteiger partial charge in [0.1, 0.15) is 11.4 Å². The molecule has 8 heteroatoms. The van der Waals surface area contributed by atoms with Crippen LogP contribution in [0.3, 0.4) is 0 Å². The van der Waals surface area contributed by atoms with Gasteiger partial charge in [0, 0.05) is 11.6 Å². The van der Waals surface area contributed by atoms with E-state index in [-0.39, 0.29) is 11.6 Å². The van der Waals surface area contributed by atoms with E-state index < -0.39 is 23.0 Å². The summed E-state index contributed by atoms with van der Waals surface area (Å²) in [6.45, 7) is 6.79. The average molecular weight is 372 g/mol. The number of para-hydroxylation sites is 1. The molecule has 3 rings (SSSR count). The van der Waals surface area contributed by atoms with Crippen LogP contribution in [-0.2, 0) is 16.5 Å². The van der Waals surface area contributed by atoms with Gasteiger partial charge in [-0.1, -0.05) is 29.8 Å². The number of ether oxygens (including phenoxy) is 1. The molecule has 0 saturated carbocycles. The Morgan fingerprint density at radius 3 is 2.44 bits per heavy atom. The second-order valence-corrected chi connectivity index (χ2v) is 7.26. The molecule has 1 aromatic heterocycles. The van der Waals surface area contributed by atoms with Crippen molar-refractivity contribution in [3.8, 4) is 0 Å². The topological polar surface area (TPSA) is 39.4 Å². The molecule has 0 spiro atoms. The molecular weight excluding hydrogens is 355 g/mol. The zero-order valence-electron chi connectivity index (χ0n) is 14.1. The third-order valence-electron chi connectivity index (χ3n) is 3.80. The van der Waals surface area contributed by atoms with E-state index in [2.05, 4.69) is 10.1 Å². The first-order valence-electron chi connectivity index (χ1n) is 7.65. The molecule has 1 aromatic carbocycles. The van der Waals surface area contributed by atoms with E-state index in [1.807, 2.05) is 19.1 Å². The largest absolute Gasteiger partial charge is 0.452 e. The highest BCUT2D eigenvalue weighted by atomic mass is 35.5. The molecule has 0 amide bonds. The SMILES string of the molecule is Cc1cccc2c1N=C(c1cc(C(F)(F)F)n(C(C)(C)C)n1)OC2Cl. The van der Waals surface area contributed by atoms with E-state index in [0.717, 1.165) is 16.3 Å². The van der Waals surface area contributed by atoms with Crippen LogP contribution in [0.25, 0.3) is 0 Å². The molecule has 2 heterocycles. The van der Waals surface area contributed by atoms with E-state index in [9.17, 15) is 13.2 Å². The van der Waals surface area contributed by atoms with Gasteiger partial charge in [-0.3, -0.25) is 4.68 Å². The Morgan fingerprint density at radius 1 is 1.20 bits per heavy atom. The Hall–Kier alpha value is -2.02. The van der Waals surface area contributed by atoms with E-state index in [1.54, 1.807) is 26.8 Å². The van der Waals surface area contributed by atoms with Crippen LogP contribution in [0.4, 0.5) is 18.9 Å². The molecule has 25 heavy (non-hydrogen) atoms. The van der Waals surface area contributed by atoms with E-state index >= 15 is 0 Å². The van der Waals surface area contributed by atoms with E-state index in [1.165, 1.54) is 0 Å². The predicted octanol–water partition coefficient (Wildman–Crippen LogP) is 5.31. The Kier molecular flexibility index (Phi) is 4.10. The summed E-state index contributed by atoms with van der Waals surface area (Å²) in [6.07, 6.45) is -4.54. The first-order valence-corrected chi connectivity index (χ1v) is 8.09. The van der Waals surface area contributed by atoms with Gasteiger partial charge in [-0.2, -0.15) is 18.3 Å². The van der Waals surface area contributed by atoms with Crippen molar-refractivity contribution in [2.24, 2.45) is 4.99 Å². The lowest BCUT2D eigenvalue weighted by atomic mass is 10.1. The highest BCUT2D eigenvalue weighted by Crippen LogP contribution is 2.39. The van der Waals surface area contributed by atoms with Crippen LogP contribution in [0.5, 0.6) is 0 Å². The summed E-state index contributed by atoms with van der Waals surface area (Å²) in [7, 11) is 0. The third kappa shape index (κ3) is 3.25. The zero-order chi connectivity index (χ0) is 18.6. The lowest BCUT2D eigenvalue weighted by Crippen LogP contribution is -2.28. The third-order valence-corrected chi connectivity index (χ3v) is 4.12. The number of nitrogens with zero attached hydrogens (tertiary/aromatic N) is 3. The molecule has 134 valence electrons. The number of alkyl halides is 4. The normalized spacial score (nSPS) is 17.8. The number of halogens is 4. The van der Waals surface area contributed by atoms with Gasteiger partial charge in [0.15, 0.2) is 0 Å². The minimum Gasteiger partial charge on any atom is -0.452 e. The quantitative estimate of drug-likeness (QED) is 0.637. The van der Waals surface area contributed by atoms with Gasteiger partial charge in [0.25, 0.3) is 0 Å². The molecule has 0 bridgehead atoms. The molecule has 0 fully saturated rings. The smallest absolute Gasteiger partial charge is 0.433 e. The minimum absolute atomic E-state index is 0.00167. The van der Waals surface area contributed by atoms with Crippen LogP contribution in [-0.4, -0.2) is 15.7 Å². The van der Waals surface area contributed by atoms with Gasteiger partial charge in [0.05, 0.1) is 11.2 Å². The number of hydrogen-bond donors (Lipinski definition) is 0. The van der Waals surface area contributed by atoms with Crippen LogP contribution in [0, 0.1) is 6.92 Å². The lowest BCUT2D eigenvalue weighted by molar-refractivity contribution is -0.146. The number of aromatic nitrogens is 2. The fourth-order valence-electron chi connectivity index (χ4n) is 2.62. The number of fused-ring (bicyclic) bond motifs is 1. The van der Waals surface area contributed by atoms with Gasteiger partial charge >= 0.3 is 6.18 Å². The summed E-state index contributed by atoms with van der Waals surface area (Å²) in [5, 5.41) is 4.09. The van der Waals surface area contributed by atoms with Crippen molar-refractivity contribution in [3.05, 3.63) is 46.8 Å².